The van der Waals surface area contributed by atoms with Crippen molar-refractivity contribution in [3.63, 3.8) is 0 Å². The second-order valence-corrected chi connectivity index (χ2v) is 17.5. The Morgan fingerprint density at radius 3 is 1.27 bits per heavy atom. The monoisotopic (exact) mass is 1130 g/mol. The third kappa shape index (κ3) is 12.6. The lowest BCUT2D eigenvalue weighted by atomic mass is 10.2. The highest BCUT2D eigenvalue weighted by atomic mass is 35.5. The summed E-state index contributed by atoms with van der Waals surface area (Å²) >= 11 is 12.1. The lowest BCUT2D eigenvalue weighted by molar-refractivity contribution is -0.136. The SMILES string of the molecule is O=C(O)CNC(=O)c1c(O)c2cccn2n(Cc2ccc(F)cc2F)c1=O.O=C(O)CNC(=O)c1c(O)c2cccn2n(Cc2cccc(Cl)c2)c1=O.O=C(O)CNC(=O)c1c(O)c2cccn2n(Cc2ccccc2Cl)c1=O. The fourth-order valence-electron chi connectivity index (χ4n) is 7.88. The molecule has 3 aromatic carbocycles. The van der Waals surface area contributed by atoms with Gasteiger partial charge in [-0.1, -0.05) is 59.6 Å². The Bertz CT molecular complexity index is 4090. The van der Waals surface area contributed by atoms with Crippen molar-refractivity contribution in [3.05, 3.63) is 208 Å². The van der Waals surface area contributed by atoms with Gasteiger partial charge in [0.25, 0.3) is 34.4 Å². The van der Waals surface area contributed by atoms with Crippen LogP contribution in [0.3, 0.4) is 0 Å². The fraction of sp³-hybridized carbons (Fsp3) is 0.118. The fourth-order valence-corrected chi connectivity index (χ4v) is 8.29. The van der Waals surface area contributed by atoms with E-state index in [9.17, 15) is 67.3 Å². The van der Waals surface area contributed by atoms with Crippen LogP contribution in [0.2, 0.25) is 10.0 Å². The summed E-state index contributed by atoms with van der Waals surface area (Å²) in [5, 5.41) is 64.1. The molecule has 28 heteroatoms. The van der Waals surface area contributed by atoms with Gasteiger partial charge in [-0.3, -0.25) is 56.7 Å². The highest BCUT2D eigenvalue weighted by Gasteiger charge is 2.26. The molecule has 0 atom stereocenters. The summed E-state index contributed by atoms with van der Waals surface area (Å²) in [5.74, 6) is -10.2. The van der Waals surface area contributed by atoms with Crippen molar-refractivity contribution in [2.75, 3.05) is 19.6 Å². The van der Waals surface area contributed by atoms with Crippen LogP contribution < -0.4 is 32.6 Å². The predicted octanol–water partition coefficient (Wildman–Crippen LogP) is 3.59. The molecular formula is C51H41Cl2F2N9O15. The Kier molecular flexibility index (Phi) is 17.3. The van der Waals surface area contributed by atoms with Crippen molar-refractivity contribution in [2.24, 2.45) is 0 Å². The number of halogens is 4. The summed E-state index contributed by atoms with van der Waals surface area (Å²) in [4.78, 5) is 107. The molecule has 0 aliphatic heterocycles. The summed E-state index contributed by atoms with van der Waals surface area (Å²) < 4.78 is 34.6. The van der Waals surface area contributed by atoms with Gasteiger partial charge < -0.3 is 46.6 Å². The van der Waals surface area contributed by atoms with Crippen LogP contribution in [0.1, 0.15) is 47.8 Å². The standard InChI is InChI=1S/2C17H14ClN3O5.C17H13F2N3O5/c18-11-4-1-3-10(7-11)9-21-17(26)14(16(25)19-8-13(22)23)15(24)12-5-2-6-20(12)21;18-11-5-2-1-4-10(11)9-21-17(26)14(16(25)19-8-13(22)23)15(24)12-6-3-7-20(12)21;18-10-4-3-9(11(19)6-10)8-22-17(27)14(16(26)20-7-13(23)24)15(25)12-2-1-5-21(12)22/h2*1-7,24H,8-9H2,(H,19,25)(H,22,23);1-6,25H,7-8H2,(H,20,26)(H,23,24). The van der Waals surface area contributed by atoms with Crippen molar-refractivity contribution in [2.45, 2.75) is 19.6 Å². The quantitative estimate of drug-likeness (QED) is 0.0708. The zero-order chi connectivity index (χ0) is 57.4. The number of carboxylic acid groups (broad SMARTS) is 3. The maximum absolute atomic E-state index is 14.0. The first kappa shape index (κ1) is 56.5. The molecule has 0 bridgehead atoms. The number of rotatable bonds is 15. The number of fused-ring (bicyclic) bond motifs is 3. The lowest BCUT2D eigenvalue weighted by Gasteiger charge is -2.15. The minimum atomic E-state index is -1.33. The largest absolute Gasteiger partial charge is 0.505 e. The second-order valence-electron chi connectivity index (χ2n) is 16.7. The van der Waals surface area contributed by atoms with Crippen LogP contribution in [0.15, 0.2) is 136 Å². The number of aliphatic carboxylic acids is 3. The first-order chi connectivity index (χ1) is 37.6. The minimum absolute atomic E-state index is 0.0175. The van der Waals surface area contributed by atoms with Crippen molar-refractivity contribution < 1.29 is 68.2 Å². The molecule has 24 nitrogen and oxygen atoms in total. The summed E-state index contributed by atoms with van der Waals surface area (Å²) in [6.07, 6.45) is 4.54. The second kappa shape index (κ2) is 24.2. The summed E-state index contributed by atoms with van der Waals surface area (Å²) in [6.45, 7) is -2.29. The van der Waals surface area contributed by atoms with Crippen molar-refractivity contribution in [1.29, 1.82) is 0 Å². The van der Waals surface area contributed by atoms with Crippen LogP contribution in [-0.2, 0) is 34.0 Å². The molecule has 0 radical (unpaired) electrons. The zero-order valence-electron chi connectivity index (χ0n) is 40.3. The van der Waals surface area contributed by atoms with Gasteiger partial charge in [0.1, 0.15) is 64.5 Å². The number of amides is 3. The molecule has 0 unspecified atom stereocenters. The number of hydrogen-bond donors (Lipinski definition) is 9. The van der Waals surface area contributed by atoms with Gasteiger partial charge in [-0.05, 0) is 71.8 Å². The van der Waals surface area contributed by atoms with E-state index in [1.807, 2.05) is 5.32 Å². The molecule has 3 amide bonds. The molecule has 408 valence electrons. The smallest absolute Gasteiger partial charge is 0.322 e. The Hall–Kier alpha value is -10.2. The van der Waals surface area contributed by atoms with Crippen molar-refractivity contribution in [3.8, 4) is 17.2 Å². The number of hydrogen-bond acceptors (Lipinski definition) is 12. The van der Waals surface area contributed by atoms with Crippen LogP contribution in [0.5, 0.6) is 17.2 Å². The van der Waals surface area contributed by atoms with E-state index < -0.39 is 118 Å². The number of carboxylic acids is 3. The van der Waals surface area contributed by atoms with Crippen molar-refractivity contribution >= 4 is 75.4 Å². The van der Waals surface area contributed by atoms with Crippen LogP contribution in [0.4, 0.5) is 8.78 Å². The molecule has 9 rings (SSSR count). The van der Waals surface area contributed by atoms with Gasteiger partial charge in [0.05, 0.1) is 19.6 Å². The van der Waals surface area contributed by atoms with E-state index >= 15 is 0 Å². The zero-order valence-corrected chi connectivity index (χ0v) is 41.9. The first-order valence-electron chi connectivity index (χ1n) is 22.8. The molecular weight excluding hydrogens is 1090 g/mol. The molecule has 0 aliphatic carbocycles. The number of nitrogens with one attached hydrogen (secondary N) is 3. The van der Waals surface area contributed by atoms with E-state index in [4.69, 9.17) is 38.5 Å². The summed E-state index contributed by atoms with van der Waals surface area (Å²) in [7, 11) is 0. The number of carbonyl (C=O) groups excluding carboxylic acids is 3. The third-order valence-corrected chi connectivity index (χ3v) is 12.1. The van der Waals surface area contributed by atoms with Gasteiger partial charge in [0.2, 0.25) is 0 Å². The lowest BCUT2D eigenvalue weighted by Crippen LogP contribution is -2.37. The molecule has 6 heterocycles. The van der Waals surface area contributed by atoms with E-state index in [-0.39, 0.29) is 41.7 Å². The van der Waals surface area contributed by atoms with E-state index in [0.717, 1.165) is 22.4 Å². The highest BCUT2D eigenvalue weighted by Crippen LogP contribution is 2.26. The number of carbonyl (C=O) groups is 6. The van der Waals surface area contributed by atoms with E-state index in [1.165, 1.54) is 53.4 Å². The molecule has 0 spiro atoms. The predicted molar refractivity (Wildman–Crippen MR) is 276 cm³/mol. The molecule has 9 N–H and O–H groups in total. The number of nitrogens with zero attached hydrogens (tertiary/aromatic N) is 6. The topological polar surface area (TPSA) is 339 Å². The van der Waals surface area contributed by atoms with Gasteiger partial charge in [0.15, 0.2) is 17.2 Å². The molecule has 0 fully saturated rings. The van der Waals surface area contributed by atoms with E-state index in [1.54, 1.807) is 73.1 Å². The molecule has 9 aromatic rings. The van der Waals surface area contributed by atoms with Crippen LogP contribution in [0.25, 0.3) is 16.6 Å². The minimum Gasteiger partial charge on any atom is -0.505 e. The van der Waals surface area contributed by atoms with Gasteiger partial charge in [0, 0.05) is 40.3 Å². The molecule has 0 saturated carbocycles. The maximum Gasteiger partial charge on any atom is 0.322 e. The van der Waals surface area contributed by atoms with Crippen LogP contribution in [-0.4, -0.2) is 113 Å². The Morgan fingerprint density at radius 1 is 0.468 bits per heavy atom. The van der Waals surface area contributed by atoms with Crippen LogP contribution in [0, 0.1) is 11.6 Å². The summed E-state index contributed by atoms with van der Waals surface area (Å²) in [5.41, 5.74) is -2.30. The number of aromatic hydroxyl groups is 3. The molecule has 0 saturated heterocycles. The number of benzene rings is 3. The first-order valence-corrected chi connectivity index (χ1v) is 23.5. The Labute approximate surface area is 449 Å². The Balaban J connectivity index is 0.000000172. The van der Waals surface area contributed by atoms with Gasteiger partial charge >= 0.3 is 17.9 Å². The third-order valence-electron chi connectivity index (χ3n) is 11.5. The van der Waals surface area contributed by atoms with Crippen LogP contribution >= 0.6 is 23.2 Å². The van der Waals surface area contributed by atoms with Crippen molar-refractivity contribution in [1.82, 2.24) is 43.5 Å². The van der Waals surface area contributed by atoms with Gasteiger partial charge in [-0.2, -0.15) is 0 Å². The average molecular weight is 1130 g/mol. The molecule has 0 aliphatic rings. The van der Waals surface area contributed by atoms with E-state index in [2.05, 4.69) is 10.6 Å². The molecule has 79 heavy (non-hydrogen) atoms. The van der Waals surface area contributed by atoms with Gasteiger partial charge in [-0.25, -0.2) is 22.8 Å². The number of aromatic nitrogens is 6. The van der Waals surface area contributed by atoms with Gasteiger partial charge in [-0.15, -0.1) is 0 Å². The molecule has 6 aromatic heterocycles. The highest BCUT2D eigenvalue weighted by molar-refractivity contribution is 6.31. The summed E-state index contributed by atoms with van der Waals surface area (Å²) in [6, 6.07) is 25.8. The average Bonchev–Trinajstić information content (AvgIpc) is 4.39. The van der Waals surface area contributed by atoms with E-state index in [0.29, 0.717) is 21.7 Å². The normalized spacial score (nSPS) is 10.8. The maximum atomic E-state index is 14.0. The Morgan fingerprint density at radius 2 is 0.873 bits per heavy atom.